The number of carbonyl (C=O) groups is 1. The number of hydrogen-bond acceptors (Lipinski definition) is 5. The van der Waals surface area contributed by atoms with Crippen LogP contribution in [0.4, 0.5) is 16.2 Å². The zero-order valence-electron chi connectivity index (χ0n) is 18.1. The van der Waals surface area contributed by atoms with Gasteiger partial charge in [-0.15, -0.1) is 0 Å². The summed E-state index contributed by atoms with van der Waals surface area (Å²) in [6.07, 6.45) is 0.623. The molecule has 3 N–H and O–H groups in total. The molecule has 3 atom stereocenters. The second kappa shape index (κ2) is 7.93. The van der Waals surface area contributed by atoms with Crippen molar-refractivity contribution in [1.82, 2.24) is 4.90 Å². The van der Waals surface area contributed by atoms with Crippen LogP contribution in [0, 0.1) is 5.92 Å². The number of nitrogens with one attached hydrogen (secondary N) is 2. The van der Waals surface area contributed by atoms with E-state index >= 15 is 0 Å². The number of hydrogen-bond donors (Lipinski definition) is 3. The number of rotatable bonds is 3. The normalized spacial score (nSPS) is 23.3. The van der Waals surface area contributed by atoms with Gasteiger partial charge in [0, 0.05) is 23.3 Å². The summed E-state index contributed by atoms with van der Waals surface area (Å²) in [5, 5.41) is 16.2. The van der Waals surface area contributed by atoms with Gasteiger partial charge in [-0.05, 0) is 81.7 Å². The molecule has 0 saturated carbocycles. The average Bonchev–Trinajstić information content (AvgIpc) is 3.08. The van der Waals surface area contributed by atoms with E-state index in [0.717, 1.165) is 29.8 Å². The standard InChI is InChI=1S/C24H31N3O3/c1-24(2,3)30-23(29)25-17-7-5-6-15(12-17)16-8-9-20-19(13-16)22-18(10-11-27(22)4)21(14-28)26-20/h5-9,12-13,18,21-22,26,28H,10-11,14H2,1-4H3,(H,25,29)/t18-,21-,22-/m1/s1. The minimum Gasteiger partial charge on any atom is -0.444 e. The first kappa shape index (κ1) is 20.7. The summed E-state index contributed by atoms with van der Waals surface area (Å²) in [5.41, 5.74) is 4.67. The van der Waals surface area contributed by atoms with Gasteiger partial charge in [-0.3, -0.25) is 10.2 Å². The van der Waals surface area contributed by atoms with Gasteiger partial charge in [0.2, 0.25) is 0 Å². The molecule has 1 amide bonds. The van der Waals surface area contributed by atoms with E-state index < -0.39 is 11.7 Å². The topological polar surface area (TPSA) is 73.8 Å². The summed E-state index contributed by atoms with van der Waals surface area (Å²) >= 11 is 0. The Morgan fingerprint density at radius 1 is 1.23 bits per heavy atom. The van der Waals surface area contributed by atoms with Crippen LogP contribution in [0.1, 0.15) is 38.8 Å². The summed E-state index contributed by atoms with van der Waals surface area (Å²) in [6, 6.07) is 14.6. The van der Waals surface area contributed by atoms with Crippen molar-refractivity contribution < 1.29 is 14.6 Å². The Morgan fingerprint density at radius 3 is 2.73 bits per heavy atom. The van der Waals surface area contributed by atoms with Gasteiger partial charge >= 0.3 is 6.09 Å². The number of aliphatic hydroxyl groups is 1. The molecule has 0 unspecified atom stereocenters. The minimum atomic E-state index is -0.538. The number of carbonyl (C=O) groups excluding carboxylic acids is 1. The van der Waals surface area contributed by atoms with E-state index in [1.165, 1.54) is 5.56 Å². The van der Waals surface area contributed by atoms with E-state index in [1.807, 2.05) is 45.0 Å². The largest absolute Gasteiger partial charge is 0.444 e. The summed E-state index contributed by atoms with van der Waals surface area (Å²) in [4.78, 5) is 14.5. The molecule has 160 valence electrons. The van der Waals surface area contributed by atoms with Gasteiger partial charge in [-0.1, -0.05) is 18.2 Å². The summed E-state index contributed by atoms with van der Waals surface area (Å²) in [7, 11) is 2.16. The maximum atomic E-state index is 12.1. The van der Waals surface area contributed by atoms with Gasteiger partial charge in [0.1, 0.15) is 5.60 Å². The van der Waals surface area contributed by atoms with Crippen molar-refractivity contribution in [2.24, 2.45) is 5.92 Å². The number of benzene rings is 2. The van der Waals surface area contributed by atoms with Crippen molar-refractivity contribution >= 4 is 17.5 Å². The molecule has 0 aromatic heterocycles. The summed E-state index contributed by atoms with van der Waals surface area (Å²) in [5.74, 6) is 0.405. The number of ether oxygens (including phenoxy) is 1. The number of anilines is 2. The zero-order chi connectivity index (χ0) is 21.5. The fourth-order valence-corrected chi connectivity index (χ4v) is 4.67. The van der Waals surface area contributed by atoms with Crippen LogP contribution in [0.5, 0.6) is 0 Å². The number of fused-ring (bicyclic) bond motifs is 3. The van der Waals surface area contributed by atoms with Crippen LogP contribution in [0.15, 0.2) is 42.5 Å². The van der Waals surface area contributed by atoms with Crippen LogP contribution in [0.25, 0.3) is 11.1 Å². The minimum absolute atomic E-state index is 0.0969. The van der Waals surface area contributed by atoms with E-state index in [2.05, 4.69) is 40.8 Å². The van der Waals surface area contributed by atoms with Crippen molar-refractivity contribution in [3.8, 4) is 11.1 Å². The van der Waals surface area contributed by atoms with E-state index in [9.17, 15) is 9.90 Å². The lowest BCUT2D eigenvalue weighted by atomic mass is 9.82. The number of likely N-dealkylation sites (tertiary alicyclic amines) is 1. The van der Waals surface area contributed by atoms with Gasteiger partial charge in [0.05, 0.1) is 12.6 Å². The van der Waals surface area contributed by atoms with Crippen LogP contribution >= 0.6 is 0 Å². The molecule has 0 bridgehead atoms. The van der Waals surface area contributed by atoms with Crippen LogP contribution < -0.4 is 10.6 Å². The lowest BCUT2D eigenvalue weighted by Gasteiger charge is -2.38. The number of nitrogens with zero attached hydrogens (tertiary/aromatic N) is 1. The molecule has 0 aliphatic carbocycles. The molecule has 2 aromatic rings. The van der Waals surface area contributed by atoms with Gasteiger partial charge in [0.25, 0.3) is 0 Å². The highest BCUT2D eigenvalue weighted by molar-refractivity contribution is 5.86. The molecule has 6 heteroatoms. The fraction of sp³-hybridized carbons (Fsp3) is 0.458. The Hall–Kier alpha value is -2.57. The first-order valence-corrected chi connectivity index (χ1v) is 10.6. The predicted octanol–water partition coefficient (Wildman–Crippen LogP) is 4.48. The van der Waals surface area contributed by atoms with E-state index in [-0.39, 0.29) is 12.6 Å². The fourth-order valence-electron chi connectivity index (χ4n) is 4.67. The maximum absolute atomic E-state index is 12.1. The SMILES string of the molecule is CN1CC[C@@H]2[C@@H](CO)Nc3ccc(-c4cccc(NC(=O)OC(C)(C)C)c4)cc3[C@@H]21. The summed E-state index contributed by atoms with van der Waals surface area (Å²) in [6.45, 7) is 6.72. The van der Waals surface area contributed by atoms with Crippen LogP contribution in [-0.4, -0.2) is 47.9 Å². The molecule has 1 saturated heterocycles. The lowest BCUT2D eigenvalue weighted by Crippen LogP contribution is -2.40. The summed E-state index contributed by atoms with van der Waals surface area (Å²) < 4.78 is 5.36. The van der Waals surface area contributed by atoms with Crippen molar-refractivity contribution in [2.45, 2.75) is 44.9 Å². The molecule has 4 rings (SSSR count). The molecule has 2 aliphatic heterocycles. The lowest BCUT2D eigenvalue weighted by molar-refractivity contribution is 0.0636. The third-order valence-electron chi connectivity index (χ3n) is 5.96. The highest BCUT2D eigenvalue weighted by atomic mass is 16.6. The van der Waals surface area contributed by atoms with E-state index in [0.29, 0.717) is 17.6 Å². The third kappa shape index (κ3) is 4.16. The van der Waals surface area contributed by atoms with Gasteiger partial charge < -0.3 is 15.2 Å². The zero-order valence-corrected chi connectivity index (χ0v) is 18.1. The maximum Gasteiger partial charge on any atom is 0.412 e. The van der Waals surface area contributed by atoms with Crippen LogP contribution in [0.3, 0.4) is 0 Å². The molecule has 2 aromatic carbocycles. The monoisotopic (exact) mass is 409 g/mol. The highest BCUT2D eigenvalue weighted by Crippen LogP contribution is 2.46. The van der Waals surface area contributed by atoms with Crippen molar-refractivity contribution in [1.29, 1.82) is 0 Å². The van der Waals surface area contributed by atoms with E-state index in [1.54, 1.807) is 0 Å². The Kier molecular flexibility index (Phi) is 5.47. The van der Waals surface area contributed by atoms with Gasteiger partial charge in [-0.25, -0.2) is 4.79 Å². The van der Waals surface area contributed by atoms with Crippen molar-refractivity contribution in [2.75, 3.05) is 30.8 Å². The molecule has 1 fully saturated rings. The quantitative estimate of drug-likeness (QED) is 0.697. The molecule has 0 spiro atoms. The molecular formula is C24H31N3O3. The van der Waals surface area contributed by atoms with E-state index in [4.69, 9.17) is 4.74 Å². The van der Waals surface area contributed by atoms with Crippen LogP contribution in [0.2, 0.25) is 0 Å². The predicted molar refractivity (Wildman–Crippen MR) is 120 cm³/mol. The Morgan fingerprint density at radius 2 is 2.00 bits per heavy atom. The first-order valence-electron chi connectivity index (χ1n) is 10.6. The van der Waals surface area contributed by atoms with Crippen molar-refractivity contribution in [3.05, 3.63) is 48.0 Å². The molecular weight excluding hydrogens is 378 g/mol. The Balaban J connectivity index is 1.61. The smallest absolute Gasteiger partial charge is 0.412 e. The highest BCUT2D eigenvalue weighted by Gasteiger charge is 2.42. The molecule has 6 nitrogen and oxygen atoms in total. The van der Waals surface area contributed by atoms with Gasteiger partial charge in [0.15, 0.2) is 0 Å². The second-order valence-corrected chi connectivity index (χ2v) is 9.32. The van der Waals surface area contributed by atoms with Crippen molar-refractivity contribution in [3.63, 3.8) is 0 Å². The molecule has 2 aliphatic rings. The molecule has 2 heterocycles. The Labute approximate surface area is 178 Å². The third-order valence-corrected chi connectivity index (χ3v) is 5.96. The molecule has 30 heavy (non-hydrogen) atoms. The number of amides is 1. The Bertz CT molecular complexity index is 938. The van der Waals surface area contributed by atoms with Crippen LogP contribution in [-0.2, 0) is 4.74 Å². The first-order chi connectivity index (χ1) is 14.2. The average molecular weight is 410 g/mol. The number of aliphatic hydroxyl groups excluding tert-OH is 1. The molecule has 0 radical (unpaired) electrons. The second-order valence-electron chi connectivity index (χ2n) is 9.32. The van der Waals surface area contributed by atoms with Gasteiger partial charge in [-0.2, -0.15) is 0 Å².